The number of hydrogen-bond acceptors (Lipinski definition) is 16. The maximum atomic E-state index is 14.9. The molecule has 396 valence electrons. The number of nitrogens with zero attached hydrogens (tertiary/aromatic N) is 2. The van der Waals surface area contributed by atoms with E-state index in [2.05, 4.69) is 47.5 Å². The molecule has 0 saturated carbocycles. The third-order valence-electron chi connectivity index (χ3n) is 12.7. The number of benzene rings is 1. The summed E-state index contributed by atoms with van der Waals surface area (Å²) in [6.07, 6.45) is -5.29. The van der Waals surface area contributed by atoms with E-state index in [0.29, 0.717) is 13.0 Å². The molecule has 72 heavy (non-hydrogen) atoms. The largest absolute Gasteiger partial charge is 0.415 e. The van der Waals surface area contributed by atoms with Crippen molar-refractivity contribution in [3.63, 3.8) is 0 Å². The lowest BCUT2D eigenvalue weighted by molar-refractivity contribution is -0.144. The first-order chi connectivity index (χ1) is 34.1. The van der Waals surface area contributed by atoms with Crippen LogP contribution in [0.5, 0.6) is 5.75 Å². The molecule has 14 N–H and O–H groups in total. The standard InChI is InChI=1S/C44H64N12O15S/c1-6-20(2)35-40(66)48-15-33(61)49-29-19-72(70)42-25(24-8-7-23(12-26(24)52-42)71-44(69)55(5)10-9-46-4)13-27(37(63)47-16-34(62)53-35)50-41(67)36(21(3)31(59)18-57)54-39(65)30-11-22(58)17-56(30)43(68)28(14-32(45)60)51-38(29)64/h7-8,12,20-22,27-31,35-36,46,52,57-59H,6,9-11,13-19H2,1-5H3,(H2,45,60)(H,47,63)(H,48,66)(H,49,61)(H,50,67)(H,51,64)(H,53,62)(H,54,65)/t20-,21-,22+,27+,28-,29-,30-,31-,35-,36-,72?/m0/s1. The van der Waals surface area contributed by atoms with Gasteiger partial charge in [-0.25, -0.2) is 4.79 Å². The fraction of sp³-hybridized carbons (Fsp3) is 0.591. The summed E-state index contributed by atoms with van der Waals surface area (Å²) >= 11 is 0. The van der Waals surface area contributed by atoms with E-state index in [1.165, 1.54) is 37.1 Å². The first-order valence-electron chi connectivity index (χ1n) is 23.3. The highest BCUT2D eigenvalue weighted by Gasteiger charge is 2.45. The normalized spacial score (nSPS) is 26.5. The van der Waals surface area contributed by atoms with Gasteiger partial charge in [-0.1, -0.05) is 27.2 Å². The third-order valence-corrected chi connectivity index (χ3v) is 14.2. The first-order valence-corrected chi connectivity index (χ1v) is 24.6. The lowest BCUT2D eigenvalue weighted by Crippen LogP contribution is -2.62. The van der Waals surface area contributed by atoms with Crippen molar-refractivity contribution in [3.8, 4) is 5.75 Å². The van der Waals surface area contributed by atoms with Crippen molar-refractivity contribution in [1.82, 2.24) is 57.3 Å². The molecule has 3 aliphatic heterocycles. The number of fused-ring (bicyclic) bond motifs is 5. The number of H-pyrrole nitrogens is 1. The van der Waals surface area contributed by atoms with Crippen molar-refractivity contribution in [2.75, 3.05) is 59.2 Å². The fourth-order valence-electron chi connectivity index (χ4n) is 8.31. The summed E-state index contributed by atoms with van der Waals surface area (Å²) in [7, 11) is 0.764. The highest BCUT2D eigenvalue weighted by atomic mass is 32.2. The monoisotopic (exact) mass is 1030 g/mol. The molecule has 0 spiro atoms. The number of amides is 10. The van der Waals surface area contributed by atoms with Gasteiger partial charge < -0.3 is 83.1 Å². The third kappa shape index (κ3) is 14.0. The van der Waals surface area contributed by atoms with E-state index in [9.17, 15) is 67.5 Å². The van der Waals surface area contributed by atoms with Crippen LogP contribution in [0.4, 0.5) is 4.79 Å². The number of likely N-dealkylation sites (N-methyl/N-ethyl adjacent to an activating group) is 2. The van der Waals surface area contributed by atoms with Crippen LogP contribution in [-0.2, 0) is 60.4 Å². The second kappa shape index (κ2) is 25.1. The molecule has 2 bridgehead atoms. The van der Waals surface area contributed by atoms with Crippen LogP contribution in [0.3, 0.4) is 0 Å². The van der Waals surface area contributed by atoms with Crippen LogP contribution in [0, 0.1) is 11.8 Å². The molecule has 1 unspecified atom stereocenters. The zero-order valence-corrected chi connectivity index (χ0v) is 41.2. The second-order valence-electron chi connectivity index (χ2n) is 18.0. The summed E-state index contributed by atoms with van der Waals surface area (Å²) in [6, 6.07) is -5.91. The van der Waals surface area contributed by atoms with Crippen molar-refractivity contribution >= 4 is 81.0 Å². The molecular weight excluding hydrogens is 969 g/mol. The molecule has 4 heterocycles. The molecule has 27 nitrogen and oxygen atoms in total. The molecule has 11 atom stereocenters. The predicted octanol–water partition coefficient (Wildman–Crippen LogP) is -5.98. The Kier molecular flexibility index (Phi) is 19.6. The molecule has 28 heteroatoms. The van der Waals surface area contributed by atoms with Crippen molar-refractivity contribution in [3.05, 3.63) is 23.8 Å². The Morgan fingerprint density at radius 1 is 0.917 bits per heavy atom. The van der Waals surface area contributed by atoms with Crippen LogP contribution >= 0.6 is 0 Å². The van der Waals surface area contributed by atoms with Gasteiger partial charge in [-0.2, -0.15) is 0 Å². The Hall–Kier alpha value is -6.75. The molecule has 1 aromatic heterocycles. The smallest absolute Gasteiger partial charge is 0.410 e. The van der Waals surface area contributed by atoms with Crippen LogP contribution in [0.15, 0.2) is 23.2 Å². The van der Waals surface area contributed by atoms with Crippen LogP contribution in [-0.4, -0.2) is 201 Å². The number of aliphatic hydroxyl groups is 3. The van der Waals surface area contributed by atoms with Gasteiger partial charge in [0, 0.05) is 56.9 Å². The van der Waals surface area contributed by atoms with Crippen molar-refractivity contribution in [2.24, 2.45) is 17.6 Å². The predicted molar refractivity (Wildman–Crippen MR) is 253 cm³/mol. The minimum Gasteiger partial charge on any atom is -0.410 e. The van der Waals surface area contributed by atoms with Gasteiger partial charge in [0.1, 0.15) is 47.0 Å². The summed E-state index contributed by atoms with van der Waals surface area (Å²) in [5.74, 6) is -12.0. The minimum atomic E-state index is -2.45. The Morgan fingerprint density at radius 2 is 1.60 bits per heavy atom. The molecule has 1 fully saturated rings. The molecule has 1 saturated heterocycles. The topological polar surface area (TPSA) is 402 Å². The average Bonchev–Trinajstić information content (AvgIpc) is 3.92. The van der Waals surface area contributed by atoms with Gasteiger partial charge in [0.2, 0.25) is 53.2 Å². The quantitative estimate of drug-likeness (QED) is 0.0997. The second-order valence-corrected chi connectivity index (χ2v) is 19.5. The van der Waals surface area contributed by atoms with E-state index in [4.69, 9.17) is 10.5 Å². The Balaban J connectivity index is 1.75. The number of carbonyl (C=O) groups excluding carboxylic acids is 10. The van der Waals surface area contributed by atoms with E-state index in [1.807, 2.05) is 0 Å². The highest BCUT2D eigenvalue weighted by molar-refractivity contribution is 7.85. The summed E-state index contributed by atoms with van der Waals surface area (Å²) in [5.41, 5.74) is 5.73. The molecule has 5 rings (SSSR count). The van der Waals surface area contributed by atoms with Gasteiger partial charge >= 0.3 is 6.09 Å². The van der Waals surface area contributed by atoms with Gasteiger partial charge in [0.05, 0.1) is 60.4 Å². The van der Waals surface area contributed by atoms with E-state index in [1.54, 1.807) is 20.9 Å². The zero-order valence-electron chi connectivity index (χ0n) is 40.4. The van der Waals surface area contributed by atoms with Crippen LogP contribution in [0.1, 0.15) is 45.6 Å². The number of primary amides is 1. The molecule has 10 amide bonds. The van der Waals surface area contributed by atoms with Crippen LogP contribution < -0.4 is 53.0 Å². The number of aliphatic hydroxyl groups excluding tert-OH is 3. The number of nitrogens with one attached hydrogen (secondary N) is 9. The number of ether oxygens (including phenoxy) is 1. The number of aromatic nitrogens is 1. The molecule has 0 aliphatic carbocycles. The number of rotatable bonds is 11. The molecule has 2 aromatic rings. The van der Waals surface area contributed by atoms with Crippen molar-refractivity contribution in [1.29, 1.82) is 0 Å². The van der Waals surface area contributed by atoms with E-state index in [0.717, 1.165) is 4.90 Å². The van der Waals surface area contributed by atoms with E-state index >= 15 is 0 Å². The SMILES string of the molecule is CC[C@H](C)[C@@H]1NC(=O)CNC(=O)[C@H]2Cc3c([nH]c4cc(OC(=O)N(C)CCNC)ccc34)S(=O)C[C@H](NC(=O)CNC1=O)C(=O)N[C@@H](CC(N)=O)C(=O)N1C[C@H](O)C[C@H]1C(=O)N[C@@H]([C@@H](C)[C@@H](O)CO)C(=O)N2. The van der Waals surface area contributed by atoms with Gasteiger partial charge in [0.15, 0.2) is 0 Å². The van der Waals surface area contributed by atoms with Gasteiger partial charge in [0.25, 0.3) is 0 Å². The summed E-state index contributed by atoms with van der Waals surface area (Å²) < 4.78 is 20.5. The summed E-state index contributed by atoms with van der Waals surface area (Å²) in [5, 5.41) is 51.7. The number of hydrogen-bond donors (Lipinski definition) is 13. The first kappa shape index (κ1) is 56.2. The number of nitrogens with two attached hydrogens (primary N) is 1. The molecule has 0 radical (unpaired) electrons. The Morgan fingerprint density at radius 3 is 2.25 bits per heavy atom. The summed E-state index contributed by atoms with van der Waals surface area (Å²) in [4.78, 5) is 143. The van der Waals surface area contributed by atoms with Crippen LogP contribution in [0.2, 0.25) is 0 Å². The molecule has 1 aromatic carbocycles. The number of aromatic amines is 1. The molecular formula is C44H64N12O15S. The van der Waals surface area contributed by atoms with E-state index in [-0.39, 0.29) is 33.8 Å². The van der Waals surface area contributed by atoms with Gasteiger partial charge in [-0.15, -0.1) is 0 Å². The fourth-order valence-corrected chi connectivity index (χ4v) is 9.70. The lowest BCUT2D eigenvalue weighted by atomic mass is 9.93. The highest BCUT2D eigenvalue weighted by Crippen LogP contribution is 2.31. The van der Waals surface area contributed by atoms with Crippen molar-refractivity contribution in [2.45, 2.75) is 99.9 Å². The van der Waals surface area contributed by atoms with Crippen LogP contribution in [0.25, 0.3) is 10.9 Å². The maximum Gasteiger partial charge on any atom is 0.415 e. The van der Waals surface area contributed by atoms with Gasteiger partial charge in [-0.05, 0) is 30.7 Å². The van der Waals surface area contributed by atoms with Crippen molar-refractivity contribution < 1.29 is 72.2 Å². The molecule has 3 aliphatic rings. The number of carbonyl (C=O) groups is 10. The minimum absolute atomic E-state index is 0.00838. The lowest BCUT2D eigenvalue weighted by Gasteiger charge is -2.32. The van der Waals surface area contributed by atoms with E-state index < -0.39 is 182 Å². The average molecular weight is 1030 g/mol. The summed E-state index contributed by atoms with van der Waals surface area (Å²) in [6.45, 7) is 2.39. The maximum absolute atomic E-state index is 14.9. The Labute approximate surface area is 415 Å². The zero-order chi connectivity index (χ0) is 53.1. The van der Waals surface area contributed by atoms with Gasteiger partial charge in [-0.3, -0.25) is 47.4 Å². The Bertz CT molecular complexity index is 2440.